The summed E-state index contributed by atoms with van der Waals surface area (Å²) in [5.41, 5.74) is 7.16. The zero-order chi connectivity index (χ0) is 42.2. The zero-order valence-corrected chi connectivity index (χ0v) is 34.8. The van der Waals surface area contributed by atoms with E-state index < -0.39 is 59.8 Å². The number of aliphatic hydroxyl groups is 1. The lowest BCUT2D eigenvalue weighted by Gasteiger charge is -2.30. The zero-order valence-electron chi connectivity index (χ0n) is 34.8. The van der Waals surface area contributed by atoms with E-state index in [1.807, 2.05) is 19.1 Å². The number of Topliss-reactive ketones (excluding diaryl/α,β-unsaturated/α-hetero) is 1. The first-order valence-electron chi connectivity index (χ1n) is 19.8. The lowest BCUT2D eigenvalue weighted by molar-refractivity contribution is -0.120. The molecule has 1 aromatic rings. The van der Waals surface area contributed by atoms with E-state index in [2.05, 4.69) is 29.4 Å². The second-order valence-corrected chi connectivity index (χ2v) is 15.1. The molecule has 312 valence electrons. The average Bonchev–Trinajstić information content (AvgIpc) is 3.18. The molecule has 1 aromatic carbocycles. The van der Waals surface area contributed by atoms with E-state index in [0.717, 1.165) is 57.0 Å². The number of hydrogen-bond acceptors (Lipinski definition) is 10. The van der Waals surface area contributed by atoms with Gasteiger partial charge in [-0.1, -0.05) is 77.0 Å². The maximum absolute atomic E-state index is 14.1. The third-order valence-corrected chi connectivity index (χ3v) is 10.3. The Kier molecular flexibility index (Phi) is 18.8. The molecular formula is C44H62N4O9. The van der Waals surface area contributed by atoms with E-state index >= 15 is 0 Å². The van der Waals surface area contributed by atoms with Crippen molar-refractivity contribution in [2.75, 3.05) is 27.3 Å². The van der Waals surface area contributed by atoms with Crippen LogP contribution in [0.1, 0.15) is 96.0 Å². The number of unbranched alkanes of at least 4 members (excludes halogenated alkanes) is 2. The molecule has 0 fully saturated rings. The van der Waals surface area contributed by atoms with E-state index in [-0.39, 0.29) is 41.3 Å². The van der Waals surface area contributed by atoms with Crippen molar-refractivity contribution < 1.29 is 43.3 Å². The van der Waals surface area contributed by atoms with Crippen molar-refractivity contribution >= 4 is 29.5 Å². The highest BCUT2D eigenvalue weighted by Gasteiger charge is 2.34. The second-order valence-electron chi connectivity index (χ2n) is 15.1. The molecular weight excluding hydrogens is 729 g/mol. The monoisotopic (exact) mass is 790 g/mol. The first-order chi connectivity index (χ1) is 27.1. The molecule has 0 saturated heterocycles. The molecule has 1 aliphatic carbocycles. The van der Waals surface area contributed by atoms with Gasteiger partial charge >= 0.3 is 6.09 Å². The molecule has 0 spiro atoms. The summed E-state index contributed by atoms with van der Waals surface area (Å²) in [5.74, 6) is -3.31. The normalized spacial score (nSPS) is 26.5. The number of carbonyl (C=O) groups is 5. The van der Waals surface area contributed by atoms with Crippen LogP contribution in [0.25, 0.3) is 0 Å². The number of aliphatic hydroxyl groups excluding tert-OH is 1. The number of allylic oxidation sites excluding steroid dienone is 4. The molecule has 2 bridgehead atoms. The molecule has 0 radical (unpaired) electrons. The largest absolute Gasteiger partial charge is 0.439 e. The molecule has 6 atom stereocenters. The summed E-state index contributed by atoms with van der Waals surface area (Å²) < 4.78 is 16.7. The van der Waals surface area contributed by atoms with Gasteiger partial charge in [0.05, 0.1) is 23.6 Å². The number of ether oxygens (including phenoxy) is 3. The molecule has 57 heavy (non-hydrogen) atoms. The van der Waals surface area contributed by atoms with Crippen LogP contribution in [-0.4, -0.2) is 91.2 Å². The molecule has 13 heteroatoms. The highest BCUT2D eigenvalue weighted by atomic mass is 16.6. The van der Waals surface area contributed by atoms with E-state index in [0.29, 0.717) is 11.1 Å². The Hall–Kier alpha value is -4.69. The van der Waals surface area contributed by atoms with Gasteiger partial charge in [0.1, 0.15) is 6.10 Å². The third-order valence-electron chi connectivity index (χ3n) is 10.3. The smallest absolute Gasteiger partial charge is 0.405 e. The number of primary amides is 1. The van der Waals surface area contributed by atoms with Crippen LogP contribution in [0.3, 0.4) is 0 Å². The maximum atomic E-state index is 14.1. The van der Waals surface area contributed by atoms with Gasteiger partial charge < -0.3 is 35.7 Å². The van der Waals surface area contributed by atoms with E-state index in [1.165, 1.54) is 33.3 Å². The summed E-state index contributed by atoms with van der Waals surface area (Å²) in [4.78, 5) is 69.1. The number of nitrogens with one attached hydrogen (secondary N) is 2. The number of rotatable bonds is 13. The number of ketones is 2. The number of benzene rings is 1. The highest BCUT2D eigenvalue weighted by molar-refractivity contribution is 6.24. The topological polar surface area (TPSA) is 187 Å². The number of nitrogens with two attached hydrogens (primary N) is 1. The van der Waals surface area contributed by atoms with Crippen LogP contribution in [0, 0.1) is 11.8 Å². The summed E-state index contributed by atoms with van der Waals surface area (Å²) in [6, 6.07) is 7.22. The van der Waals surface area contributed by atoms with Crippen LogP contribution in [0.5, 0.6) is 0 Å². The molecule has 13 nitrogen and oxygen atoms in total. The van der Waals surface area contributed by atoms with E-state index in [9.17, 15) is 29.1 Å². The first kappa shape index (κ1) is 46.7. The highest BCUT2D eigenvalue weighted by Crippen LogP contribution is 2.29. The van der Waals surface area contributed by atoms with Crippen molar-refractivity contribution in [1.82, 2.24) is 15.5 Å². The van der Waals surface area contributed by atoms with Crippen molar-refractivity contribution in [2.45, 2.75) is 111 Å². The predicted molar refractivity (Wildman–Crippen MR) is 219 cm³/mol. The number of carbonyl (C=O) groups excluding carboxylic acids is 5. The Morgan fingerprint density at radius 1 is 1.00 bits per heavy atom. The van der Waals surface area contributed by atoms with E-state index in [1.54, 1.807) is 38.1 Å². The van der Waals surface area contributed by atoms with Gasteiger partial charge in [0.25, 0.3) is 11.8 Å². The number of fused-ring (bicyclic) bond motifs is 2. The van der Waals surface area contributed by atoms with Crippen LogP contribution in [0.4, 0.5) is 4.79 Å². The van der Waals surface area contributed by atoms with Gasteiger partial charge in [0, 0.05) is 49.5 Å². The molecule has 0 saturated carbocycles. The van der Waals surface area contributed by atoms with Crippen molar-refractivity contribution in [1.29, 1.82) is 0 Å². The van der Waals surface area contributed by atoms with Crippen molar-refractivity contribution in [3.05, 3.63) is 93.9 Å². The summed E-state index contributed by atoms with van der Waals surface area (Å²) in [6.07, 6.45) is 7.51. The van der Waals surface area contributed by atoms with Gasteiger partial charge in [-0.15, -0.1) is 0 Å². The maximum Gasteiger partial charge on any atom is 0.405 e. The molecule has 1 heterocycles. The number of nitrogens with zero attached hydrogens (tertiary/aromatic N) is 1. The molecule has 3 rings (SSSR count). The SMILES string of the molecule is CCCCN(CCCC)Cc1ccc(C(=O)NC2=C3C[C@@H](C)C[C@H](OC)[C@H](O)[C@@H](C)/C=C(\C)[C@H](OC(N)=O)[C@@H](OC)/C=C\C=C(/C)C(=O)NC(=CC2=O)C3=O)cc1. The molecule has 5 N–H and O–H groups in total. The minimum absolute atomic E-state index is 0.0229. The number of amides is 3. The molecule has 0 unspecified atom stereocenters. The Balaban J connectivity index is 2.00. The minimum Gasteiger partial charge on any atom is -0.439 e. The minimum atomic E-state index is -1.04. The summed E-state index contributed by atoms with van der Waals surface area (Å²) in [7, 11) is 2.89. The Morgan fingerprint density at radius 3 is 2.23 bits per heavy atom. The van der Waals surface area contributed by atoms with Gasteiger partial charge in [0.15, 0.2) is 6.10 Å². The third kappa shape index (κ3) is 13.7. The van der Waals surface area contributed by atoms with Gasteiger partial charge in [-0.05, 0) is 81.8 Å². The quantitative estimate of drug-likeness (QED) is 0.145. The van der Waals surface area contributed by atoms with Crippen molar-refractivity contribution in [3.63, 3.8) is 0 Å². The molecule has 1 aliphatic heterocycles. The van der Waals surface area contributed by atoms with Gasteiger partial charge in [-0.3, -0.25) is 24.1 Å². The van der Waals surface area contributed by atoms with Crippen LogP contribution >= 0.6 is 0 Å². The van der Waals surface area contributed by atoms with Crippen LogP contribution in [0.2, 0.25) is 0 Å². The summed E-state index contributed by atoms with van der Waals surface area (Å²) in [5, 5.41) is 16.7. The predicted octanol–water partition coefficient (Wildman–Crippen LogP) is 5.59. The molecule has 0 aromatic heterocycles. The summed E-state index contributed by atoms with van der Waals surface area (Å²) in [6.45, 7) is 14.0. The average molecular weight is 791 g/mol. The van der Waals surface area contributed by atoms with E-state index in [4.69, 9.17) is 19.9 Å². The fourth-order valence-electron chi connectivity index (χ4n) is 6.96. The Morgan fingerprint density at radius 2 is 1.65 bits per heavy atom. The molecule has 3 amide bonds. The summed E-state index contributed by atoms with van der Waals surface area (Å²) >= 11 is 0. The first-order valence-corrected chi connectivity index (χ1v) is 19.8. The second kappa shape index (κ2) is 22.9. The van der Waals surface area contributed by atoms with Crippen LogP contribution in [0.15, 0.2) is 82.8 Å². The van der Waals surface area contributed by atoms with Crippen molar-refractivity contribution in [3.8, 4) is 0 Å². The van der Waals surface area contributed by atoms with Crippen molar-refractivity contribution in [2.24, 2.45) is 17.6 Å². The van der Waals surface area contributed by atoms with Gasteiger partial charge in [-0.25, -0.2) is 4.79 Å². The lowest BCUT2D eigenvalue weighted by Crippen LogP contribution is -2.38. The van der Waals surface area contributed by atoms with Crippen LogP contribution < -0.4 is 16.4 Å². The fourth-order valence-corrected chi connectivity index (χ4v) is 6.96. The Labute approximate surface area is 337 Å². The fraction of sp³-hybridized carbons (Fsp3) is 0.523. The van der Waals surface area contributed by atoms with Gasteiger partial charge in [0.2, 0.25) is 11.6 Å². The van der Waals surface area contributed by atoms with Crippen LogP contribution in [-0.2, 0) is 35.1 Å². The standard InChI is InChI=1S/C44H62N4O9/c1-9-11-20-48(21-12-10-2)26-31-16-18-32(19-17-31)43(53)47-38-33-22-27(3)23-37(56-8)39(50)29(5)24-30(6)41(57-44(45)54)36(55-7)15-13-14-28(4)42(52)46-34(40(33)51)25-35(38)49/h13-19,24-25,27,29,36-37,39,41,50H,9-12,20-23,26H2,1-8H3,(H2,45,54)(H,46,52)(H,47,53)/b15-13-,28-14+,30-24+/t27-,29+,36+,37+,39-,41+/m1/s1. The Bertz CT molecular complexity index is 1740. The lowest BCUT2D eigenvalue weighted by atomic mass is 9.85. The molecule has 2 aliphatic rings. The van der Waals surface area contributed by atoms with Gasteiger partial charge in [-0.2, -0.15) is 0 Å². The number of methoxy groups -OCH3 is 2. The number of hydrogen-bond donors (Lipinski definition) is 4.